The van der Waals surface area contributed by atoms with Gasteiger partial charge in [0.15, 0.2) is 0 Å². The number of fused-ring (bicyclic) bond motifs is 1. The zero-order valence-electron chi connectivity index (χ0n) is 9.28. The number of urea groups is 1. The van der Waals surface area contributed by atoms with Crippen LogP contribution < -0.4 is 5.32 Å². The molecule has 1 fully saturated rings. The van der Waals surface area contributed by atoms with Crippen LogP contribution in [-0.4, -0.2) is 30.6 Å². The molecule has 1 aromatic carbocycles. The van der Waals surface area contributed by atoms with Crippen LogP contribution >= 0.6 is 0 Å². The highest BCUT2D eigenvalue weighted by molar-refractivity contribution is 5.75. The molecule has 1 saturated heterocycles. The van der Waals surface area contributed by atoms with E-state index in [0.717, 1.165) is 32.5 Å². The first-order valence-electron chi connectivity index (χ1n) is 5.95. The van der Waals surface area contributed by atoms with Crippen LogP contribution in [-0.2, 0) is 6.42 Å². The lowest BCUT2D eigenvalue weighted by molar-refractivity contribution is 0.180. The molecule has 2 amide bonds. The Morgan fingerprint density at radius 3 is 3.06 bits per heavy atom. The topological polar surface area (TPSA) is 32.3 Å². The lowest BCUT2D eigenvalue weighted by atomic mass is 9.77. The van der Waals surface area contributed by atoms with Gasteiger partial charge in [-0.2, -0.15) is 0 Å². The molecular weight excluding hydrogens is 200 g/mol. The highest BCUT2D eigenvalue weighted by Crippen LogP contribution is 2.35. The zero-order valence-corrected chi connectivity index (χ0v) is 9.28. The molecular formula is C13H16N2O. The lowest BCUT2D eigenvalue weighted by Gasteiger charge is -2.36. The number of rotatable bonds is 2. The Bertz CT molecular complexity index is 416. The molecule has 3 nitrogen and oxygen atoms in total. The van der Waals surface area contributed by atoms with Gasteiger partial charge in [-0.05, 0) is 24.0 Å². The summed E-state index contributed by atoms with van der Waals surface area (Å²) in [7, 11) is 0. The molecule has 0 spiro atoms. The molecule has 16 heavy (non-hydrogen) atoms. The van der Waals surface area contributed by atoms with Crippen molar-refractivity contribution in [3.05, 3.63) is 35.4 Å². The fraction of sp³-hybridized carbons (Fsp3) is 0.462. The minimum atomic E-state index is 0.107. The second-order valence-electron chi connectivity index (χ2n) is 4.63. The van der Waals surface area contributed by atoms with Crippen molar-refractivity contribution in [1.29, 1.82) is 0 Å². The average molecular weight is 216 g/mol. The van der Waals surface area contributed by atoms with E-state index in [-0.39, 0.29) is 6.03 Å². The van der Waals surface area contributed by atoms with Crippen molar-refractivity contribution < 1.29 is 4.79 Å². The number of amides is 2. The number of nitrogens with zero attached hydrogens (tertiary/aromatic N) is 1. The van der Waals surface area contributed by atoms with Gasteiger partial charge in [0.2, 0.25) is 0 Å². The Labute approximate surface area is 95.4 Å². The molecule has 1 atom stereocenters. The Morgan fingerprint density at radius 1 is 1.38 bits per heavy atom. The summed E-state index contributed by atoms with van der Waals surface area (Å²) in [5, 5.41) is 2.90. The molecule has 84 valence electrons. The second kappa shape index (κ2) is 3.81. The van der Waals surface area contributed by atoms with E-state index in [0.29, 0.717) is 5.92 Å². The van der Waals surface area contributed by atoms with Gasteiger partial charge in [0.05, 0.1) is 0 Å². The van der Waals surface area contributed by atoms with E-state index >= 15 is 0 Å². The van der Waals surface area contributed by atoms with Crippen LogP contribution in [0.15, 0.2) is 24.3 Å². The number of hydrogen-bond acceptors (Lipinski definition) is 1. The summed E-state index contributed by atoms with van der Waals surface area (Å²) < 4.78 is 0. The normalized spacial score (nSPS) is 23.4. The standard InChI is InChI=1S/C13H16N2O/c16-13-14-6-3-7-15(13)9-11-8-10-4-1-2-5-12(10)11/h1-2,4-5,11H,3,6-9H2,(H,14,16). The van der Waals surface area contributed by atoms with E-state index < -0.39 is 0 Å². The first-order valence-corrected chi connectivity index (χ1v) is 5.95. The summed E-state index contributed by atoms with van der Waals surface area (Å²) in [6, 6.07) is 8.65. The number of hydrogen-bond donors (Lipinski definition) is 1. The van der Waals surface area contributed by atoms with E-state index in [1.165, 1.54) is 11.1 Å². The smallest absolute Gasteiger partial charge is 0.317 e. The van der Waals surface area contributed by atoms with Gasteiger partial charge >= 0.3 is 6.03 Å². The molecule has 1 aliphatic carbocycles. The minimum Gasteiger partial charge on any atom is -0.338 e. The van der Waals surface area contributed by atoms with Gasteiger partial charge in [0.1, 0.15) is 0 Å². The molecule has 1 unspecified atom stereocenters. The average Bonchev–Trinajstić information content (AvgIpc) is 2.28. The maximum absolute atomic E-state index is 11.6. The first kappa shape index (κ1) is 9.70. The third-order valence-corrected chi connectivity index (χ3v) is 3.57. The number of carbonyl (C=O) groups excluding carboxylic acids is 1. The molecule has 1 aliphatic heterocycles. The Kier molecular flexibility index (Phi) is 2.31. The van der Waals surface area contributed by atoms with Crippen LogP contribution in [0.4, 0.5) is 4.79 Å². The van der Waals surface area contributed by atoms with Crippen LogP contribution in [0.1, 0.15) is 23.5 Å². The van der Waals surface area contributed by atoms with Crippen LogP contribution in [0, 0.1) is 0 Å². The molecule has 2 aliphatic rings. The van der Waals surface area contributed by atoms with Crippen molar-refractivity contribution in [3.63, 3.8) is 0 Å². The first-order chi connectivity index (χ1) is 7.84. The molecule has 1 heterocycles. The van der Waals surface area contributed by atoms with Gasteiger partial charge in [0, 0.05) is 25.6 Å². The molecule has 0 bridgehead atoms. The molecule has 1 aromatic rings. The van der Waals surface area contributed by atoms with Crippen molar-refractivity contribution >= 4 is 6.03 Å². The predicted molar refractivity (Wildman–Crippen MR) is 62.5 cm³/mol. The monoisotopic (exact) mass is 216 g/mol. The van der Waals surface area contributed by atoms with E-state index in [4.69, 9.17) is 0 Å². The molecule has 0 saturated carbocycles. The lowest BCUT2D eigenvalue weighted by Crippen LogP contribution is -2.48. The SMILES string of the molecule is O=C1NCCCN1CC1Cc2ccccc21. The van der Waals surface area contributed by atoms with Crippen LogP contribution in [0.2, 0.25) is 0 Å². The van der Waals surface area contributed by atoms with Crippen LogP contribution in [0.25, 0.3) is 0 Å². The quantitative estimate of drug-likeness (QED) is 0.802. The highest BCUT2D eigenvalue weighted by atomic mass is 16.2. The maximum atomic E-state index is 11.6. The van der Waals surface area contributed by atoms with Crippen molar-refractivity contribution in [3.8, 4) is 0 Å². The fourth-order valence-electron chi connectivity index (χ4n) is 2.64. The third kappa shape index (κ3) is 1.56. The Balaban J connectivity index is 1.67. The molecule has 3 rings (SSSR count). The van der Waals surface area contributed by atoms with Crippen molar-refractivity contribution in [2.45, 2.75) is 18.8 Å². The minimum absolute atomic E-state index is 0.107. The molecule has 1 N–H and O–H groups in total. The second-order valence-corrected chi connectivity index (χ2v) is 4.63. The summed E-state index contributed by atoms with van der Waals surface area (Å²) in [4.78, 5) is 13.5. The van der Waals surface area contributed by atoms with E-state index in [2.05, 4.69) is 29.6 Å². The van der Waals surface area contributed by atoms with Crippen molar-refractivity contribution in [2.75, 3.05) is 19.6 Å². The Hall–Kier alpha value is -1.51. The van der Waals surface area contributed by atoms with Crippen LogP contribution in [0.3, 0.4) is 0 Å². The van der Waals surface area contributed by atoms with Gasteiger partial charge in [-0.15, -0.1) is 0 Å². The summed E-state index contributed by atoms with van der Waals surface area (Å²) in [5.41, 5.74) is 2.88. The summed E-state index contributed by atoms with van der Waals surface area (Å²) >= 11 is 0. The summed E-state index contributed by atoms with van der Waals surface area (Å²) in [6.07, 6.45) is 2.19. The number of carbonyl (C=O) groups is 1. The number of nitrogens with one attached hydrogen (secondary N) is 1. The third-order valence-electron chi connectivity index (χ3n) is 3.57. The fourth-order valence-corrected chi connectivity index (χ4v) is 2.64. The van der Waals surface area contributed by atoms with Gasteiger partial charge in [-0.1, -0.05) is 24.3 Å². The van der Waals surface area contributed by atoms with Gasteiger partial charge in [0.25, 0.3) is 0 Å². The van der Waals surface area contributed by atoms with Crippen LogP contribution in [0.5, 0.6) is 0 Å². The maximum Gasteiger partial charge on any atom is 0.317 e. The molecule has 0 radical (unpaired) electrons. The number of benzene rings is 1. The van der Waals surface area contributed by atoms with E-state index in [1.54, 1.807) is 0 Å². The molecule has 0 aromatic heterocycles. The van der Waals surface area contributed by atoms with Gasteiger partial charge in [-0.25, -0.2) is 4.79 Å². The zero-order chi connectivity index (χ0) is 11.0. The predicted octanol–water partition coefficient (Wildman–Crippen LogP) is 1.74. The van der Waals surface area contributed by atoms with Crippen molar-refractivity contribution in [1.82, 2.24) is 10.2 Å². The highest BCUT2D eigenvalue weighted by Gasteiger charge is 2.29. The van der Waals surface area contributed by atoms with E-state index in [9.17, 15) is 4.79 Å². The summed E-state index contributed by atoms with van der Waals surface area (Å²) in [6.45, 7) is 2.62. The molecule has 3 heteroatoms. The summed E-state index contributed by atoms with van der Waals surface area (Å²) in [5.74, 6) is 0.556. The largest absolute Gasteiger partial charge is 0.338 e. The van der Waals surface area contributed by atoms with Gasteiger partial charge < -0.3 is 10.2 Å². The Morgan fingerprint density at radius 2 is 2.25 bits per heavy atom. The van der Waals surface area contributed by atoms with Crippen molar-refractivity contribution in [2.24, 2.45) is 0 Å². The van der Waals surface area contributed by atoms with E-state index in [1.807, 2.05) is 4.90 Å². The van der Waals surface area contributed by atoms with Gasteiger partial charge in [-0.3, -0.25) is 0 Å².